The number of nitrogens with two attached hydrogens (primary N) is 1. The second kappa shape index (κ2) is 8.54. The fourth-order valence-electron chi connectivity index (χ4n) is 3.95. The first-order valence-electron chi connectivity index (χ1n) is 10.0. The molecule has 3 aromatic rings. The van der Waals surface area contributed by atoms with Crippen LogP contribution in [0.4, 0.5) is 18.9 Å². The van der Waals surface area contributed by atoms with E-state index in [-0.39, 0.29) is 23.4 Å². The smallest absolute Gasteiger partial charge is 0.406 e. The number of hydrogen-bond donors (Lipinski definition) is 3. The molecule has 0 bridgehead atoms. The lowest BCUT2D eigenvalue weighted by Crippen LogP contribution is -2.39. The molecule has 0 spiro atoms. The highest BCUT2D eigenvalue weighted by Crippen LogP contribution is 2.28. The standard InChI is InChI=1S/C22H21F3N4O3/c23-22(24,25)32-15-8-7-13-10-18(27-17(13)11-15)21(31)28-16-5-2-1-4-14(16)12-29-9-3-6-19(29)20(26)30/h1-2,4-5,7-8,10-11,19,27H,3,6,9,12H2,(H2,26,30)(H,28,31). The molecular weight excluding hydrogens is 425 g/mol. The van der Waals surface area contributed by atoms with Crippen molar-refractivity contribution in [3.63, 3.8) is 0 Å². The van der Waals surface area contributed by atoms with Gasteiger partial charge in [-0.3, -0.25) is 14.5 Å². The number of ether oxygens (including phenoxy) is 1. The Bertz CT molecular complexity index is 1160. The Kier molecular flexibility index (Phi) is 5.79. The van der Waals surface area contributed by atoms with E-state index in [0.717, 1.165) is 18.5 Å². The molecule has 7 nitrogen and oxygen atoms in total. The third-order valence-electron chi connectivity index (χ3n) is 5.40. The molecule has 2 amide bonds. The van der Waals surface area contributed by atoms with Gasteiger partial charge in [0.1, 0.15) is 11.4 Å². The molecule has 32 heavy (non-hydrogen) atoms. The zero-order valence-corrected chi connectivity index (χ0v) is 16.9. The first kappa shape index (κ1) is 21.7. The van der Waals surface area contributed by atoms with Crippen LogP contribution in [0.25, 0.3) is 10.9 Å². The first-order valence-corrected chi connectivity index (χ1v) is 10.0. The molecule has 1 fully saturated rings. The molecule has 1 aromatic heterocycles. The van der Waals surface area contributed by atoms with Gasteiger partial charge in [0.05, 0.1) is 6.04 Å². The van der Waals surface area contributed by atoms with Gasteiger partial charge in [-0.15, -0.1) is 13.2 Å². The van der Waals surface area contributed by atoms with Gasteiger partial charge in [-0.2, -0.15) is 0 Å². The molecule has 1 saturated heterocycles. The molecule has 168 valence electrons. The second-order valence-electron chi connectivity index (χ2n) is 7.62. The van der Waals surface area contributed by atoms with E-state index in [1.54, 1.807) is 18.2 Å². The van der Waals surface area contributed by atoms with E-state index in [0.29, 0.717) is 29.6 Å². The van der Waals surface area contributed by atoms with Crippen LogP contribution in [-0.2, 0) is 11.3 Å². The van der Waals surface area contributed by atoms with E-state index in [9.17, 15) is 22.8 Å². The summed E-state index contributed by atoms with van der Waals surface area (Å²) in [6.07, 6.45) is -3.22. The quantitative estimate of drug-likeness (QED) is 0.537. The van der Waals surface area contributed by atoms with Gasteiger partial charge in [0, 0.05) is 29.2 Å². The number of hydrogen-bond acceptors (Lipinski definition) is 4. The molecular formula is C22H21F3N4O3. The number of primary amides is 1. The maximum absolute atomic E-state index is 12.8. The van der Waals surface area contributed by atoms with E-state index in [2.05, 4.69) is 15.0 Å². The van der Waals surface area contributed by atoms with Crippen LogP contribution in [-0.4, -0.2) is 40.6 Å². The van der Waals surface area contributed by atoms with Gasteiger partial charge in [-0.1, -0.05) is 18.2 Å². The summed E-state index contributed by atoms with van der Waals surface area (Å²) in [6, 6.07) is 12.3. The fraction of sp³-hybridized carbons (Fsp3) is 0.273. The first-order chi connectivity index (χ1) is 15.2. The highest BCUT2D eigenvalue weighted by atomic mass is 19.4. The monoisotopic (exact) mass is 446 g/mol. The average Bonchev–Trinajstić information content (AvgIpc) is 3.34. The number of halogens is 3. The number of benzene rings is 2. The highest BCUT2D eigenvalue weighted by molar-refractivity contribution is 6.06. The van der Waals surface area contributed by atoms with Crippen LogP contribution < -0.4 is 15.8 Å². The maximum atomic E-state index is 12.8. The van der Waals surface area contributed by atoms with Gasteiger partial charge in [-0.05, 0) is 49.2 Å². The molecule has 4 N–H and O–H groups in total. The number of rotatable bonds is 6. The number of carbonyl (C=O) groups excluding carboxylic acids is 2. The van der Waals surface area contributed by atoms with Crippen LogP contribution in [0.2, 0.25) is 0 Å². The summed E-state index contributed by atoms with van der Waals surface area (Å²) in [7, 11) is 0. The van der Waals surface area contributed by atoms with Gasteiger partial charge < -0.3 is 20.8 Å². The molecule has 1 atom stereocenters. The van der Waals surface area contributed by atoms with Gasteiger partial charge in [0.15, 0.2) is 0 Å². The van der Waals surface area contributed by atoms with Crippen molar-refractivity contribution in [1.82, 2.24) is 9.88 Å². The van der Waals surface area contributed by atoms with Gasteiger partial charge in [0.25, 0.3) is 5.91 Å². The van der Waals surface area contributed by atoms with Crippen molar-refractivity contribution in [2.75, 3.05) is 11.9 Å². The zero-order valence-electron chi connectivity index (χ0n) is 16.9. The van der Waals surface area contributed by atoms with Crippen LogP contribution in [0.3, 0.4) is 0 Å². The van der Waals surface area contributed by atoms with Gasteiger partial charge in [-0.25, -0.2) is 0 Å². The van der Waals surface area contributed by atoms with Crippen molar-refractivity contribution in [1.29, 1.82) is 0 Å². The lowest BCUT2D eigenvalue weighted by atomic mass is 10.1. The molecule has 0 radical (unpaired) electrons. The lowest BCUT2D eigenvalue weighted by Gasteiger charge is -2.23. The molecule has 10 heteroatoms. The molecule has 1 unspecified atom stereocenters. The topological polar surface area (TPSA) is 100 Å². The van der Waals surface area contributed by atoms with Crippen molar-refractivity contribution in [3.05, 3.63) is 59.8 Å². The number of likely N-dealkylation sites (tertiary alicyclic amines) is 1. The summed E-state index contributed by atoms with van der Waals surface area (Å²) in [5, 5.41) is 3.40. The summed E-state index contributed by atoms with van der Waals surface area (Å²) in [6.45, 7) is 1.19. The number of aromatic nitrogens is 1. The number of carbonyl (C=O) groups is 2. The van der Waals surface area contributed by atoms with Crippen LogP contribution in [0.15, 0.2) is 48.5 Å². The summed E-state index contributed by atoms with van der Waals surface area (Å²) in [4.78, 5) is 29.3. The number of nitrogens with one attached hydrogen (secondary N) is 2. The van der Waals surface area contributed by atoms with Crippen molar-refractivity contribution in [2.24, 2.45) is 5.73 Å². The summed E-state index contributed by atoms with van der Waals surface area (Å²) in [5.74, 6) is -1.19. The van der Waals surface area contributed by atoms with Crippen LogP contribution >= 0.6 is 0 Å². The Morgan fingerprint density at radius 3 is 2.72 bits per heavy atom. The predicted molar refractivity (Wildman–Crippen MR) is 112 cm³/mol. The molecule has 1 aliphatic heterocycles. The van der Waals surface area contributed by atoms with Crippen molar-refractivity contribution >= 4 is 28.4 Å². The third kappa shape index (κ3) is 4.86. The summed E-state index contributed by atoms with van der Waals surface area (Å²) >= 11 is 0. The number of anilines is 1. The molecule has 0 saturated carbocycles. The largest absolute Gasteiger partial charge is 0.573 e. The zero-order chi connectivity index (χ0) is 22.9. The number of fused-ring (bicyclic) bond motifs is 1. The number of nitrogens with zero attached hydrogens (tertiary/aromatic N) is 1. The Hall–Kier alpha value is -3.53. The molecule has 2 heterocycles. The SMILES string of the molecule is NC(=O)C1CCCN1Cc1ccccc1NC(=O)c1cc2ccc(OC(F)(F)F)cc2[nH]1. The number of alkyl halides is 3. The number of H-pyrrole nitrogens is 1. The Morgan fingerprint density at radius 2 is 1.97 bits per heavy atom. The molecule has 4 rings (SSSR count). The number of aromatic amines is 1. The van der Waals surface area contributed by atoms with E-state index in [1.165, 1.54) is 18.2 Å². The van der Waals surface area contributed by atoms with Crippen molar-refractivity contribution < 1.29 is 27.5 Å². The Balaban J connectivity index is 1.52. The number of amides is 2. The van der Waals surface area contributed by atoms with Crippen molar-refractivity contribution in [3.8, 4) is 5.75 Å². The van der Waals surface area contributed by atoms with Crippen molar-refractivity contribution in [2.45, 2.75) is 31.8 Å². The lowest BCUT2D eigenvalue weighted by molar-refractivity contribution is -0.274. The second-order valence-corrected chi connectivity index (χ2v) is 7.62. The predicted octanol–water partition coefficient (Wildman–Crippen LogP) is 3.77. The van der Waals surface area contributed by atoms with Gasteiger partial charge >= 0.3 is 6.36 Å². The minimum absolute atomic E-state index is 0.190. The minimum Gasteiger partial charge on any atom is -0.406 e. The summed E-state index contributed by atoms with van der Waals surface area (Å²) < 4.78 is 41.3. The van der Waals surface area contributed by atoms with Crippen LogP contribution in [0, 0.1) is 0 Å². The molecule has 2 aromatic carbocycles. The minimum atomic E-state index is -4.80. The average molecular weight is 446 g/mol. The van der Waals surface area contributed by atoms with E-state index < -0.39 is 12.3 Å². The highest BCUT2D eigenvalue weighted by Gasteiger charge is 2.31. The Morgan fingerprint density at radius 1 is 1.19 bits per heavy atom. The maximum Gasteiger partial charge on any atom is 0.573 e. The van der Waals surface area contributed by atoms with E-state index in [4.69, 9.17) is 5.73 Å². The molecule has 0 aliphatic carbocycles. The third-order valence-corrected chi connectivity index (χ3v) is 5.40. The van der Waals surface area contributed by atoms with Gasteiger partial charge in [0.2, 0.25) is 5.91 Å². The Labute approximate surface area is 181 Å². The fourth-order valence-corrected chi connectivity index (χ4v) is 3.95. The molecule has 1 aliphatic rings. The van der Waals surface area contributed by atoms with Crippen LogP contribution in [0.1, 0.15) is 28.9 Å². The van der Waals surface area contributed by atoms with E-state index in [1.807, 2.05) is 17.0 Å². The number of para-hydroxylation sites is 1. The normalized spacial score (nSPS) is 16.9. The van der Waals surface area contributed by atoms with Crippen LogP contribution in [0.5, 0.6) is 5.75 Å². The van der Waals surface area contributed by atoms with E-state index >= 15 is 0 Å². The summed E-state index contributed by atoms with van der Waals surface area (Å²) in [5.41, 5.74) is 7.42.